The highest BCUT2D eigenvalue weighted by molar-refractivity contribution is 5.89. The van der Waals surface area contributed by atoms with Crippen LogP contribution in [0, 0.1) is 0 Å². The highest BCUT2D eigenvalue weighted by Crippen LogP contribution is 2.34. The highest BCUT2D eigenvalue weighted by Gasteiger charge is 2.30. The van der Waals surface area contributed by atoms with E-state index in [0.717, 1.165) is 48.7 Å². The van der Waals surface area contributed by atoms with Gasteiger partial charge in [0.15, 0.2) is 5.82 Å². The number of anilines is 2. The first-order chi connectivity index (χ1) is 15.6. The average Bonchev–Trinajstić information content (AvgIpc) is 2.80. The number of nitrogens with zero attached hydrogens (tertiary/aromatic N) is 3. The summed E-state index contributed by atoms with van der Waals surface area (Å²) in [6, 6.07) is 7.84. The molecule has 2 aliphatic rings. The number of carbonyl (C=O) groups excluding carboxylic acids is 1. The van der Waals surface area contributed by atoms with E-state index in [0.29, 0.717) is 25.6 Å². The minimum Gasteiger partial charge on any atom is -0.377 e. The number of carbonyl (C=O) groups is 1. The molecule has 2 aliphatic heterocycles. The molecule has 8 nitrogen and oxygen atoms in total. The van der Waals surface area contributed by atoms with Gasteiger partial charge in [0, 0.05) is 36.4 Å². The van der Waals surface area contributed by atoms with E-state index in [1.807, 2.05) is 37.3 Å². The Bertz CT molecular complexity index is 962. The van der Waals surface area contributed by atoms with Crippen LogP contribution in [-0.2, 0) is 11.2 Å². The quantitative estimate of drug-likeness (QED) is 0.602. The topological polar surface area (TPSA) is 91.4 Å². The van der Waals surface area contributed by atoms with Crippen molar-refractivity contribution in [2.24, 2.45) is 0 Å². The van der Waals surface area contributed by atoms with Gasteiger partial charge in [0.2, 0.25) is 0 Å². The van der Waals surface area contributed by atoms with Gasteiger partial charge in [-0.1, -0.05) is 6.08 Å². The summed E-state index contributed by atoms with van der Waals surface area (Å²) in [6.07, 6.45) is 3.66. The zero-order valence-electron chi connectivity index (χ0n) is 18.9. The predicted molar refractivity (Wildman–Crippen MR) is 127 cm³/mol. The van der Waals surface area contributed by atoms with Crippen LogP contribution in [0.3, 0.4) is 0 Å². The van der Waals surface area contributed by atoms with Gasteiger partial charge < -0.3 is 25.6 Å². The number of ether oxygens (including phenoxy) is 1. The Morgan fingerprint density at radius 3 is 2.88 bits per heavy atom. The van der Waals surface area contributed by atoms with Crippen LogP contribution in [0.25, 0.3) is 11.4 Å². The smallest absolute Gasteiger partial charge is 0.319 e. The van der Waals surface area contributed by atoms with E-state index < -0.39 is 0 Å². The molecule has 170 valence electrons. The maximum Gasteiger partial charge on any atom is 0.319 e. The summed E-state index contributed by atoms with van der Waals surface area (Å²) < 4.78 is 5.66. The third kappa shape index (κ3) is 4.76. The van der Waals surface area contributed by atoms with Crippen LogP contribution >= 0.6 is 0 Å². The van der Waals surface area contributed by atoms with Gasteiger partial charge in [0.1, 0.15) is 5.82 Å². The van der Waals surface area contributed by atoms with E-state index in [-0.39, 0.29) is 18.1 Å². The molecule has 8 heteroatoms. The lowest BCUT2D eigenvalue weighted by Crippen LogP contribution is -2.45. The molecule has 1 saturated heterocycles. The van der Waals surface area contributed by atoms with Crippen molar-refractivity contribution in [2.45, 2.75) is 38.8 Å². The molecule has 2 amide bonds. The Balaban J connectivity index is 1.72. The molecule has 32 heavy (non-hydrogen) atoms. The molecule has 1 aromatic carbocycles. The molecule has 1 aromatic heterocycles. The maximum absolute atomic E-state index is 11.8. The van der Waals surface area contributed by atoms with Crippen molar-refractivity contribution in [3.8, 4) is 11.4 Å². The van der Waals surface area contributed by atoms with Crippen molar-refractivity contribution in [2.75, 3.05) is 43.1 Å². The molecular formula is C24H32N6O2. The molecule has 0 radical (unpaired) electrons. The first-order valence-corrected chi connectivity index (χ1v) is 11.4. The number of benzene rings is 1. The molecule has 1 fully saturated rings. The van der Waals surface area contributed by atoms with Gasteiger partial charge in [-0.05, 0) is 51.0 Å². The Morgan fingerprint density at radius 2 is 2.16 bits per heavy atom. The number of amides is 2. The van der Waals surface area contributed by atoms with Gasteiger partial charge in [0.25, 0.3) is 0 Å². The maximum atomic E-state index is 11.8. The van der Waals surface area contributed by atoms with Crippen LogP contribution in [0.1, 0.15) is 37.6 Å². The van der Waals surface area contributed by atoms with Gasteiger partial charge in [-0.2, -0.15) is 0 Å². The van der Waals surface area contributed by atoms with E-state index in [1.165, 1.54) is 5.56 Å². The van der Waals surface area contributed by atoms with Crippen molar-refractivity contribution < 1.29 is 9.53 Å². The van der Waals surface area contributed by atoms with Crippen LogP contribution < -0.4 is 20.9 Å². The van der Waals surface area contributed by atoms with Crippen LogP contribution in [0.5, 0.6) is 0 Å². The number of nitrogens with one attached hydrogen (secondary N) is 3. The van der Waals surface area contributed by atoms with Crippen LogP contribution in [-0.4, -0.2) is 54.9 Å². The minimum atomic E-state index is -0.216. The minimum absolute atomic E-state index is 0.131. The highest BCUT2D eigenvalue weighted by atomic mass is 16.5. The molecule has 4 rings (SSSR count). The monoisotopic (exact) mass is 436 g/mol. The van der Waals surface area contributed by atoms with Gasteiger partial charge in [0.05, 0.1) is 31.0 Å². The van der Waals surface area contributed by atoms with Gasteiger partial charge in [-0.25, -0.2) is 14.8 Å². The third-order valence-electron chi connectivity index (χ3n) is 5.89. The number of hydrogen-bond donors (Lipinski definition) is 3. The molecule has 0 spiro atoms. The second-order valence-corrected chi connectivity index (χ2v) is 8.19. The lowest BCUT2D eigenvalue weighted by atomic mass is 9.96. The molecule has 2 atom stereocenters. The summed E-state index contributed by atoms with van der Waals surface area (Å²) >= 11 is 0. The van der Waals surface area contributed by atoms with Crippen molar-refractivity contribution in [1.82, 2.24) is 20.6 Å². The second-order valence-electron chi connectivity index (χ2n) is 8.19. The van der Waals surface area contributed by atoms with E-state index in [4.69, 9.17) is 14.7 Å². The number of morpholine rings is 1. The van der Waals surface area contributed by atoms with Crippen molar-refractivity contribution >= 4 is 17.5 Å². The van der Waals surface area contributed by atoms with Crippen molar-refractivity contribution in [3.63, 3.8) is 0 Å². The second kappa shape index (κ2) is 10.1. The Kier molecular flexibility index (Phi) is 7.02. The third-order valence-corrected chi connectivity index (χ3v) is 5.89. The number of hydrogen-bond acceptors (Lipinski definition) is 6. The standard InChI is InChI=1S/C24H32N6O2/c1-4-6-20-21-19(11-12-26-20)23(30-13-14-32-15-16(30)3)29-22(28-21)17-7-9-18(10-8-17)27-24(31)25-5-2/h4,7-10,16,20,26H,1,5-6,11-15H2,2-3H3,(H2,25,27,31)/t16-,20?/m0/s1. The Morgan fingerprint density at radius 1 is 1.34 bits per heavy atom. The zero-order chi connectivity index (χ0) is 22.5. The van der Waals surface area contributed by atoms with Gasteiger partial charge in [-0.15, -0.1) is 6.58 Å². The van der Waals surface area contributed by atoms with E-state index in [1.54, 1.807) is 0 Å². The Labute approximate surface area is 189 Å². The number of urea groups is 1. The largest absolute Gasteiger partial charge is 0.377 e. The molecule has 0 aliphatic carbocycles. The SMILES string of the molecule is C=CCC1NCCc2c1nc(-c1ccc(NC(=O)NCC)cc1)nc2N1CCOC[C@@H]1C. The van der Waals surface area contributed by atoms with Crippen LogP contribution in [0.2, 0.25) is 0 Å². The molecular weight excluding hydrogens is 404 g/mol. The fourth-order valence-electron chi connectivity index (χ4n) is 4.29. The molecule has 3 heterocycles. The number of aromatic nitrogens is 2. The summed E-state index contributed by atoms with van der Waals surface area (Å²) in [5.74, 6) is 1.71. The van der Waals surface area contributed by atoms with Crippen LogP contribution in [0.15, 0.2) is 36.9 Å². The first kappa shape index (κ1) is 22.2. The summed E-state index contributed by atoms with van der Waals surface area (Å²) in [5.41, 5.74) is 3.92. The number of rotatable bonds is 6. The van der Waals surface area contributed by atoms with Crippen molar-refractivity contribution in [1.29, 1.82) is 0 Å². The summed E-state index contributed by atoms with van der Waals surface area (Å²) in [4.78, 5) is 24.2. The lowest BCUT2D eigenvalue weighted by molar-refractivity contribution is 0.0984. The Hall–Kier alpha value is -2.97. The average molecular weight is 437 g/mol. The van der Waals surface area contributed by atoms with Crippen LogP contribution in [0.4, 0.5) is 16.3 Å². The summed E-state index contributed by atoms with van der Waals surface area (Å²) in [5, 5.41) is 9.14. The molecule has 1 unspecified atom stereocenters. The van der Waals surface area contributed by atoms with E-state index >= 15 is 0 Å². The molecule has 0 saturated carbocycles. The van der Waals surface area contributed by atoms with Gasteiger partial charge in [-0.3, -0.25) is 0 Å². The van der Waals surface area contributed by atoms with Gasteiger partial charge >= 0.3 is 6.03 Å². The van der Waals surface area contributed by atoms with E-state index in [2.05, 4.69) is 34.4 Å². The fourth-order valence-corrected chi connectivity index (χ4v) is 4.29. The summed E-state index contributed by atoms with van der Waals surface area (Å²) in [7, 11) is 0. The predicted octanol–water partition coefficient (Wildman–Crippen LogP) is 3.27. The van der Waals surface area contributed by atoms with Crippen molar-refractivity contribution in [3.05, 3.63) is 48.2 Å². The normalized spacial score (nSPS) is 20.4. The molecule has 0 bridgehead atoms. The first-order valence-electron chi connectivity index (χ1n) is 11.4. The summed E-state index contributed by atoms with van der Waals surface area (Å²) in [6.45, 7) is 11.7. The molecule has 3 N–H and O–H groups in total. The zero-order valence-corrected chi connectivity index (χ0v) is 18.9. The van der Waals surface area contributed by atoms with E-state index in [9.17, 15) is 4.79 Å². The number of fused-ring (bicyclic) bond motifs is 1. The molecule has 2 aromatic rings. The fraction of sp³-hybridized carbons (Fsp3) is 0.458. The lowest BCUT2D eigenvalue weighted by Gasteiger charge is -2.37.